The van der Waals surface area contributed by atoms with Crippen LogP contribution in [0, 0.1) is 12.7 Å². The lowest BCUT2D eigenvalue weighted by molar-refractivity contribution is -0.127. The number of nitrogens with one attached hydrogen (secondary N) is 1. The number of para-hydroxylation sites is 1. The van der Waals surface area contributed by atoms with Crippen LogP contribution in [0.5, 0.6) is 0 Å². The van der Waals surface area contributed by atoms with E-state index in [1.54, 1.807) is 18.0 Å². The van der Waals surface area contributed by atoms with Gasteiger partial charge in [0.2, 0.25) is 5.91 Å². The number of rotatable bonds is 2. The van der Waals surface area contributed by atoms with Crippen LogP contribution in [0.2, 0.25) is 0 Å². The lowest BCUT2D eigenvalue weighted by Gasteiger charge is -2.15. The van der Waals surface area contributed by atoms with E-state index in [4.69, 9.17) is 0 Å². The molecule has 86 valence electrons. The first kappa shape index (κ1) is 10.9. The molecule has 1 atom stereocenters. The summed E-state index contributed by atoms with van der Waals surface area (Å²) in [5.41, 5.74) is 1.26. The number of anilines is 1. The van der Waals surface area contributed by atoms with Crippen LogP contribution in [-0.2, 0) is 4.79 Å². The first-order valence-electron chi connectivity index (χ1n) is 5.36. The molecule has 0 aromatic heterocycles. The third-order valence-corrected chi connectivity index (χ3v) is 2.97. The minimum atomic E-state index is -0.303. The Kier molecular flexibility index (Phi) is 2.81. The van der Waals surface area contributed by atoms with E-state index in [0.29, 0.717) is 5.69 Å². The van der Waals surface area contributed by atoms with Gasteiger partial charge in [0.15, 0.2) is 0 Å². The highest BCUT2D eigenvalue weighted by Crippen LogP contribution is 2.22. The summed E-state index contributed by atoms with van der Waals surface area (Å²) in [5, 5.41) is 2.99. The number of likely N-dealkylation sites (tertiary alicyclic amines) is 1. The van der Waals surface area contributed by atoms with Crippen molar-refractivity contribution >= 4 is 11.6 Å². The van der Waals surface area contributed by atoms with Crippen LogP contribution in [-0.4, -0.2) is 30.4 Å². The molecule has 1 aliphatic rings. The second kappa shape index (κ2) is 4.12. The average Bonchev–Trinajstić information content (AvgIpc) is 2.55. The van der Waals surface area contributed by atoms with Crippen molar-refractivity contribution in [2.75, 3.05) is 18.9 Å². The molecule has 1 fully saturated rings. The summed E-state index contributed by atoms with van der Waals surface area (Å²) in [4.78, 5) is 13.3. The van der Waals surface area contributed by atoms with Gasteiger partial charge in [-0.25, -0.2) is 4.39 Å². The van der Waals surface area contributed by atoms with E-state index in [9.17, 15) is 9.18 Å². The van der Waals surface area contributed by atoms with Crippen molar-refractivity contribution < 1.29 is 9.18 Å². The summed E-state index contributed by atoms with van der Waals surface area (Å²) in [6.45, 7) is 2.55. The molecule has 0 saturated carbocycles. The van der Waals surface area contributed by atoms with E-state index in [0.717, 1.165) is 18.5 Å². The van der Waals surface area contributed by atoms with E-state index in [2.05, 4.69) is 5.32 Å². The normalized spacial score (nSPS) is 20.3. The highest BCUT2D eigenvalue weighted by molar-refractivity contribution is 5.86. The van der Waals surface area contributed by atoms with Crippen molar-refractivity contribution in [1.82, 2.24) is 4.90 Å². The molecule has 1 aromatic rings. The van der Waals surface area contributed by atoms with Gasteiger partial charge in [-0.05, 0) is 25.0 Å². The maximum absolute atomic E-state index is 13.5. The molecular weight excluding hydrogens is 207 g/mol. The number of aryl methyl sites for hydroxylation is 1. The average molecular weight is 222 g/mol. The summed E-state index contributed by atoms with van der Waals surface area (Å²) >= 11 is 0. The van der Waals surface area contributed by atoms with Crippen LogP contribution in [0.3, 0.4) is 0 Å². The lowest BCUT2D eigenvalue weighted by Crippen LogP contribution is -2.31. The lowest BCUT2D eigenvalue weighted by atomic mass is 10.1. The van der Waals surface area contributed by atoms with Crippen molar-refractivity contribution in [3.05, 3.63) is 29.6 Å². The van der Waals surface area contributed by atoms with Gasteiger partial charge >= 0.3 is 0 Å². The number of carbonyl (C=O) groups excluding carboxylic acids is 1. The topological polar surface area (TPSA) is 32.3 Å². The van der Waals surface area contributed by atoms with Gasteiger partial charge < -0.3 is 10.2 Å². The first-order valence-corrected chi connectivity index (χ1v) is 5.36. The molecule has 0 bridgehead atoms. The number of hydrogen-bond acceptors (Lipinski definition) is 2. The Balaban J connectivity index is 2.19. The Bertz CT molecular complexity index is 399. The zero-order valence-electron chi connectivity index (χ0n) is 9.46. The second-order valence-corrected chi connectivity index (χ2v) is 4.18. The van der Waals surface area contributed by atoms with E-state index in [1.165, 1.54) is 6.07 Å². The van der Waals surface area contributed by atoms with Gasteiger partial charge in [-0.1, -0.05) is 12.1 Å². The molecule has 0 aliphatic carbocycles. The largest absolute Gasteiger partial charge is 0.371 e. The number of amides is 1. The Labute approximate surface area is 94.3 Å². The summed E-state index contributed by atoms with van der Waals surface area (Å²) in [7, 11) is 1.76. The zero-order valence-corrected chi connectivity index (χ0v) is 9.46. The summed E-state index contributed by atoms with van der Waals surface area (Å²) < 4.78 is 13.5. The number of hydrogen-bond donors (Lipinski definition) is 1. The summed E-state index contributed by atoms with van der Waals surface area (Å²) in [5.74, 6) is -0.273. The van der Waals surface area contributed by atoms with E-state index in [-0.39, 0.29) is 17.8 Å². The zero-order chi connectivity index (χ0) is 11.7. The van der Waals surface area contributed by atoms with Gasteiger partial charge in [-0.2, -0.15) is 0 Å². The van der Waals surface area contributed by atoms with Crippen molar-refractivity contribution in [2.45, 2.75) is 19.4 Å². The summed E-state index contributed by atoms with van der Waals surface area (Å²) in [6, 6.07) is 4.60. The molecule has 0 radical (unpaired) electrons. The van der Waals surface area contributed by atoms with Crippen molar-refractivity contribution in [3.8, 4) is 0 Å². The van der Waals surface area contributed by atoms with E-state index >= 15 is 0 Å². The Morgan fingerprint density at radius 2 is 2.25 bits per heavy atom. The molecule has 1 saturated heterocycles. The fourth-order valence-electron chi connectivity index (χ4n) is 1.95. The molecule has 16 heavy (non-hydrogen) atoms. The van der Waals surface area contributed by atoms with Crippen molar-refractivity contribution in [3.63, 3.8) is 0 Å². The highest BCUT2D eigenvalue weighted by atomic mass is 19.1. The van der Waals surface area contributed by atoms with Gasteiger partial charge in [0.05, 0.1) is 5.69 Å². The molecule has 1 unspecified atom stereocenters. The smallest absolute Gasteiger partial charge is 0.244 e. The van der Waals surface area contributed by atoms with E-state index in [1.807, 2.05) is 13.0 Å². The van der Waals surface area contributed by atoms with Gasteiger partial charge in [0, 0.05) is 13.6 Å². The van der Waals surface area contributed by atoms with E-state index < -0.39 is 0 Å². The quantitative estimate of drug-likeness (QED) is 0.827. The van der Waals surface area contributed by atoms with Crippen molar-refractivity contribution in [2.24, 2.45) is 0 Å². The summed E-state index contributed by atoms with van der Waals surface area (Å²) in [6.07, 6.45) is 0.725. The van der Waals surface area contributed by atoms with Gasteiger partial charge in [0.1, 0.15) is 11.9 Å². The molecule has 2 rings (SSSR count). The maximum atomic E-state index is 13.5. The monoisotopic (exact) mass is 222 g/mol. The molecule has 1 amide bonds. The van der Waals surface area contributed by atoms with Gasteiger partial charge in [-0.15, -0.1) is 0 Å². The number of halogens is 1. The van der Waals surface area contributed by atoms with Crippen LogP contribution < -0.4 is 5.32 Å². The van der Waals surface area contributed by atoms with Gasteiger partial charge in [0.25, 0.3) is 0 Å². The van der Waals surface area contributed by atoms with Crippen LogP contribution in [0.1, 0.15) is 12.0 Å². The number of carbonyl (C=O) groups is 1. The molecule has 4 heteroatoms. The highest BCUT2D eigenvalue weighted by Gasteiger charge is 2.29. The predicted molar refractivity (Wildman–Crippen MR) is 60.8 cm³/mol. The molecular formula is C12H15FN2O. The minimum absolute atomic E-state index is 0.0302. The number of nitrogens with zero attached hydrogens (tertiary/aromatic N) is 1. The molecule has 0 spiro atoms. The maximum Gasteiger partial charge on any atom is 0.244 e. The number of likely N-dealkylation sites (N-methyl/N-ethyl adjacent to an activating group) is 1. The molecule has 1 aromatic carbocycles. The minimum Gasteiger partial charge on any atom is -0.371 e. The Morgan fingerprint density at radius 1 is 1.50 bits per heavy atom. The first-order chi connectivity index (χ1) is 7.59. The predicted octanol–water partition coefficient (Wildman–Crippen LogP) is 1.78. The standard InChI is InChI=1S/C12H15FN2O/c1-8-4-3-5-9(13)11(8)14-10-6-7-15(2)12(10)16/h3-5,10,14H,6-7H2,1-2H3. The second-order valence-electron chi connectivity index (χ2n) is 4.18. The van der Waals surface area contributed by atoms with Crippen molar-refractivity contribution in [1.29, 1.82) is 0 Å². The Morgan fingerprint density at radius 3 is 2.81 bits per heavy atom. The van der Waals surface area contributed by atoms with Crippen LogP contribution in [0.25, 0.3) is 0 Å². The SMILES string of the molecule is Cc1cccc(F)c1NC1CCN(C)C1=O. The molecule has 1 N–H and O–H groups in total. The molecule has 1 heterocycles. The third kappa shape index (κ3) is 1.87. The fraction of sp³-hybridized carbons (Fsp3) is 0.417. The van der Waals surface area contributed by atoms with Crippen LogP contribution in [0.15, 0.2) is 18.2 Å². The van der Waals surface area contributed by atoms with Crippen LogP contribution >= 0.6 is 0 Å². The molecule has 1 aliphatic heterocycles. The number of benzene rings is 1. The Hall–Kier alpha value is -1.58. The molecule has 3 nitrogen and oxygen atoms in total. The van der Waals surface area contributed by atoms with Crippen LogP contribution in [0.4, 0.5) is 10.1 Å². The van der Waals surface area contributed by atoms with Gasteiger partial charge in [-0.3, -0.25) is 4.79 Å². The fourth-order valence-corrected chi connectivity index (χ4v) is 1.95. The third-order valence-electron chi connectivity index (χ3n) is 2.97.